The van der Waals surface area contributed by atoms with E-state index in [-0.39, 0.29) is 12.6 Å². The van der Waals surface area contributed by atoms with Crippen LogP contribution in [0.1, 0.15) is 44.4 Å². The molecule has 1 aliphatic heterocycles. The number of hydrogen-bond donors (Lipinski definition) is 1. The molecule has 3 aromatic rings. The van der Waals surface area contributed by atoms with Crippen LogP contribution in [0.4, 0.5) is 5.95 Å². The molecule has 0 saturated heterocycles. The topological polar surface area (TPSA) is 78.3 Å². The molecule has 2 heterocycles. The summed E-state index contributed by atoms with van der Waals surface area (Å²) in [7, 11) is 0. The Morgan fingerprint density at radius 3 is 2.58 bits per heavy atom. The van der Waals surface area contributed by atoms with Gasteiger partial charge in [-0.2, -0.15) is 4.98 Å². The van der Waals surface area contributed by atoms with Crippen molar-refractivity contribution in [2.45, 2.75) is 45.0 Å². The van der Waals surface area contributed by atoms with E-state index in [1.165, 1.54) is 0 Å². The second-order valence-electron chi connectivity index (χ2n) is 7.64. The van der Waals surface area contributed by atoms with Gasteiger partial charge in [0.05, 0.1) is 12.2 Å². The second-order valence-corrected chi connectivity index (χ2v) is 8.87. The van der Waals surface area contributed by atoms with Crippen LogP contribution >= 0.6 is 11.8 Å². The molecule has 1 N–H and O–H groups in total. The highest BCUT2D eigenvalue weighted by molar-refractivity contribution is 7.99. The van der Waals surface area contributed by atoms with E-state index in [9.17, 15) is 4.79 Å². The maximum Gasteiger partial charge on any atom is 0.338 e. The fourth-order valence-corrected chi connectivity index (χ4v) is 4.22. The molecule has 0 bridgehead atoms. The summed E-state index contributed by atoms with van der Waals surface area (Å²) in [6.45, 7) is 6.86. The van der Waals surface area contributed by atoms with Gasteiger partial charge in [0, 0.05) is 5.70 Å². The molecule has 1 aliphatic rings. The minimum atomic E-state index is -0.455. The summed E-state index contributed by atoms with van der Waals surface area (Å²) in [6, 6.07) is 17.0. The first-order valence-electron chi connectivity index (χ1n) is 11.1. The molecule has 8 heteroatoms. The average molecular weight is 465 g/mol. The zero-order chi connectivity index (χ0) is 23.2. The summed E-state index contributed by atoms with van der Waals surface area (Å²) in [5, 5.41) is 8.59. The van der Waals surface area contributed by atoms with E-state index in [0.29, 0.717) is 29.0 Å². The van der Waals surface area contributed by atoms with Gasteiger partial charge >= 0.3 is 5.97 Å². The molecule has 0 amide bonds. The maximum absolute atomic E-state index is 13.3. The van der Waals surface area contributed by atoms with Crippen LogP contribution in [-0.2, 0) is 16.1 Å². The maximum atomic E-state index is 13.3. The Hall–Kier alpha value is -3.26. The first-order chi connectivity index (χ1) is 16.1. The summed E-state index contributed by atoms with van der Waals surface area (Å²) in [5.41, 5.74) is 3.06. The highest BCUT2D eigenvalue weighted by atomic mass is 32.2. The summed E-state index contributed by atoms with van der Waals surface area (Å²) in [4.78, 5) is 17.9. The van der Waals surface area contributed by atoms with Gasteiger partial charge in [-0.05, 0) is 42.4 Å². The van der Waals surface area contributed by atoms with Crippen LogP contribution in [0.5, 0.6) is 5.75 Å². The summed E-state index contributed by atoms with van der Waals surface area (Å²) in [6.07, 6.45) is 0.940. The normalized spacial score (nSPS) is 15.1. The summed E-state index contributed by atoms with van der Waals surface area (Å²) < 4.78 is 13.2. The van der Waals surface area contributed by atoms with Gasteiger partial charge in [-0.1, -0.05) is 68.1 Å². The molecule has 0 spiro atoms. The molecule has 0 radical (unpaired) electrons. The van der Waals surface area contributed by atoms with Crippen LogP contribution in [0.25, 0.3) is 0 Å². The van der Waals surface area contributed by atoms with Crippen molar-refractivity contribution in [2.75, 3.05) is 17.7 Å². The van der Waals surface area contributed by atoms with Gasteiger partial charge in [0.1, 0.15) is 18.4 Å². The van der Waals surface area contributed by atoms with Crippen molar-refractivity contribution in [2.24, 2.45) is 0 Å². The van der Waals surface area contributed by atoms with Crippen LogP contribution in [0.3, 0.4) is 0 Å². The quantitative estimate of drug-likeness (QED) is 0.344. The van der Waals surface area contributed by atoms with Gasteiger partial charge in [0.15, 0.2) is 0 Å². The van der Waals surface area contributed by atoms with Crippen molar-refractivity contribution >= 4 is 23.7 Å². The van der Waals surface area contributed by atoms with E-state index >= 15 is 0 Å². The van der Waals surface area contributed by atoms with Crippen molar-refractivity contribution in [1.29, 1.82) is 0 Å². The third-order valence-corrected chi connectivity index (χ3v) is 5.93. The zero-order valence-electron chi connectivity index (χ0n) is 19.1. The Kier molecular flexibility index (Phi) is 7.34. The molecule has 1 atom stereocenters. The molecular formula is C25H28N4O3S. The molecule has 33 heavy (non-hydrogen) atoms. The van der Waals surface area contributed by atoms with Crippen LogP contribution in [0, 0.1) is 0 Å². The molecule has 7 nitrogen and oxygen atoms in total. The van der Waals surface area contributed by atoms with Gasteiger partial charge in [0.2, 0.25) is 11.1 Å². The molecule has 4 rings (SSSR count). The molecule has 0 aliphatic carbocycles. The van der Waals surface area contributed by atoms with Crippen LogP contribution < -0.4 is 10.1 Å². The van der Waals surface area contributed by atoms with Gasteiger partial charge in [-0.25, -0.2) is 9.48 Å². The first kappa shape index (κ1) is 22.9. The predicted molar refractivity (Wildman–Crippen MR) is 129 cm³/mol. The first-order valence-corrected chi connectivity index (χ1v) is 12.1. The number of nitrogens with zero attached hydrogens (tertiary/aromatic N) is 3. The minimum Gasteiger partial charge on any atom is -0.494 e. The van der Waals surface area contributed by atoms with Crippen molar-refractivity contribution in [3.63, 3.8) is 0 Å². The largest absolute Gasteiger partial charge is 0.494 e. The molecule has 0 fully saturated rings. The molecule has 1 aromatic heterocycles. The summed E-state index contributed by atoms with van der Waals surface area (Å²) in [5.74, 6) is 1.88. The lowest BCUT2D eigenvalue weighted by atomic mass is 9.95. The number of allylic oxidation sites excluding steroid dienone is 1. The predicted octanol–water partition coefficient (Wildman–Crippen LogP) is 5.21. The van der Waals surface area contributed by atoms with E-state index in [2.05, 4.69) is 29.2 Å². The van der Waals surface area contributed by atoms with Crippen molar-refractivity contribution in [1.82, 2.24) is 14.8 Å². The van der Waals surface area contributed by atoms with Crippen molar-refractivity contribution in [3.8, 4) is 5.75 Å². The number of carbonyl (C=O) groups excluding carboxylic acids is 1. The van der Waals surface area contributed by atoms with E-state index in [1.807, 2.05) is 61.5 Å². The van der Waals surface area contributed by atoms with E-state index in [0.717, 1.165) is 29.1 Å². The Morgan fingerprint density at radius 2 is 1.88 bits per heavy atom. The van der Waals surface area contributed by atoms with Crippen molar-refractivity contribution < 1.29 is 14.3 Å². The molecular weight excluding hydrogens is 436 g/mol. The lowest BCUT2D eigenvalue weighted by Crippen LogP contribution is -2.29. The van der Waals surface area contributed by atoms with Gasteiger partial charge in [0.25, 0.3) is 0 Å². The average Bonchev–Trinajstić information content (AvgIpc) is 3.23. The Labute approximate surface area is 198 Å². The minimum absolute atomic E-state index is 0.202. The molecule has 172 valence electrons. The number of hydrogen-bond acceptors (Lipinski definition) is 7. The van der Waals surface area contributed by atoms with Gasteiger partial charge in [-0.3, -0.25) is 0 Å². The number of esters is 1. The number of thioether (sulfide) groups is 1. The lowest BCUT2D eigenvalue weighted by molar-refractivity contribution is -0.140. The van der Waals surface area contributed by atoms with Crippen LogP contribution in [-0.4, -0.2) is 33.1 Å². The second kappa shape index (κ2) is 10.6. The van der Waals surface area contributed by atoms with Crippen LogP contribution in [0.2, 0.25) is 0 Å². The smallest absolute Gasteiger partial charge is 0.338 e. The van der Waals surface area contributed by atoms with Gasteiger partial charge in [-0.15, -0.1) is 5.10 Å². The third-order valence-electron chi connectivity index (χ3n) is 5.21. The third kappa shape index (κ3) is 5.22. The SMILES string of the molecule is CCCOc1ccc(C2C(C(=O)OCc3ccccc3)=C(C)Nc3nc(SCC)nn32)cc1. The molecule has 0 saturated carbocycles. The molecule has 2 aromatic carbocycles. The fraction of sp³-hybridized carbons (Fsp3) is 0.320. The number of benzene rings is 2. The standard InChI is InChI=1S/C25H28N4O3S/c1-4-15-31-20-13-11-19(12-14-20)22-21(23(30)32-16-18-9-7-6-8-10-18)17(3)26-24-27-25(33-5-2)28-29(22)24/h6-14,22H,4-5,15-16H2,1-3H3,(H,26,27,28). The Morgan fingerprint density at radius 1 is 1.12 bits per heavy atom. The van der Waals surface area contributed by atoms with E-state index < -0.39 is 6.04 Å². The van der Waals surface area contributed by atoms with Gasteiger partial charge < -0.3 is 14.8 Å². The Balaban J connectivity index is 1.67. The number of ether oxygens (including phenoxy) is 2. The number of rotatable bonds is 9. The zero-order valence-corrected chi connectivity index (χ0v) is 19.9. The monoisotopic (exact) mass is 464 g/mol. The highest BCUT2D eigenvalue weighted by Crippen LogP contribution is 2.37. The lowest BCUT2D eigenvalue weighted by Gasteiger charge is -2.28. The number of anilines is 1. The molecule has 1 unspecified atom stereocenters. The number of aromatic nitrogens is 3. The van der Waals surface area contributed by atoms with Crippen LogP contribution in [0.15, 0.2) is 71.0 Å². The fourth-order valence-electron chi connectivity index (χ4n) is 3.66. The van der Waals surface area contributed by atoms with E-state index in [4.69, 9.17) is 9.47 Å². The van der Waals surface area contributed by atoms with E-state index in [1.54, 1.807) is 16.4 Å². The Bertz CT molecular complexity index is 1130. The number of carbonyl (C=O) groups is 1. The number of fused-ring (bicyclic) bond motifs is 1. The van der Waals surface area contributed by atoms with Crippen molar-refractivity contribution in [3.05, 3.63) is 77.0 Å². The highest BCUT2D eigenvalue weighted by Gasteiger charge is 2.35. The number of nitrogens with one attached hydrogen (secondary N) is 1. The summed E-state index contributed by atoms with van der Waals surface area (Å²) >= 11 is 1.56.